The summed E-state index contributed by atoms with van der Waals surface area (Å²) in [5.74, 6) is -4.29. The third kappa shape index (κ3) is 2.85. The van der Waals surface area contributed by atoms with E-state index in [-0.39, 0.29) is 12.2 Å². The van der Waals surface area contributed by atoms with Gasteiger partial charge in [-0.15, -0.1) is 0 Å². The minimum Gasteiger partial charge on any atom is -0.508 e. The highest BCUT2D eigenvalue weighted by molar-refractivity contribution is 6.25. The van der Waals surface area contributed by atoms with Gasteiger partial charge in [0.05, 0.1) is 6.61 Å². The van der Waals surface area contributed by atoms with Crippen LogP contribution in [0.5, 0.6) is 0 Å². The van der Waals surface area contributed by atoms with Gasteiger partial charge in [-0.3, -0.25) is 19.3 Å². The van der Waals surface area contributed by atoms with Crippen LogP contribution < -0.4 is 0 Å². The number of carbonyl (C=O) groups excluding carboxylic acids is 4. The number of esters is 1. The summed E-state index contributed by atoms with van der Waals surface area (Å²) in [5.41, 5.74) is -0.482. The molecule has 120 valence electrons. The van der Waals surface area contributed by atoms with E-state index in [9.17, 15) is 24.3 Å². The Morgan fingerprint density at radius 3 is 2.35 bits per heavy atom. The maximum atomic E-state index is 12.6. The first-order valence-corrected chi connectivity index (χ1v) is 6.93. The molecule has 0 fully saturated rings. The molecule has 2 rings (SSSR count). The van der Waals surface area contributed by atoms with Crippen molar-refractivity contribution in [1.82, 2.24) is 4.90 Å². The fraction of sp³-hybridized carbons (Fsp3) is 0.250. The minimum atomic E-state index is -1.55. The van der Waals surface area contributed by atoms with Gasteiger partial charge in [0.2, 0.25) is 5.91 Å². The van der Waals surface area contributed by atoms with Gasteiger partial charge in [-0.1, -0.05) is 30.3 Å². The molecule has 23 heavy (non-hydrogen) atoms. The second kappa shape index (κ2) is 6.43. The number of Topliss-reactive ketones (excluding diaryl/α,β-unsaturated/α-hetero) is 1. The number of imide groups is 1. The summed E-state index contributed by atoms with van der Waals surface area (Å²) in [5, 5.41) is 10.2. The summed E-state index contributed by atoms with van der Waals surface area (Å²) < 4.78 is 4.70. The van der Waals surface area contributed by atoms with Gasteiger partial charge in [-0.2, -0.15) is 0 Å². The van der Waals surface area contributed by atoms with Crippen molar-refractivity contribution in [3.8, 4) is 0 Å². The third-order valence-electron chi connectivity index (χ3n) is 3.33. The zero-order valence-electron chi connectivity index (χ0n) is 12.6. The van der Waals surface area contributed by atoms with Crippen LogP contribution >= 0.6 is 0 Å². The van der Waals surface area contributed by atoms with Crippen molar-refractivity contribution >= 4 is 23.6 Å². The van der Waals surface area contributed by atoms with Gasteiger partial charge in [0.15, 0.2) is 17.4 Å². The number of carbonyl (C=O) groups is 4. The first kappa shape index (κ1) is 16.4. The lowest BCUT2D eigenvalue weighted by Gasteiger charge is -2.20. The van der Waals surface area contributed by atoms with Crippen LogP contribution in [0, 0.1) is 0 Å². The molecular formula is C16H15NO6. The Balaban J connectivity index is 2.50. The van der Waals surface area contributed by atoms with Crippen molar-refractivity contribution < 1.29 is 29.0 Å². The number of ketones is 1. The van der Waals surface area contributed by atoms with Crippen molar-refractivity contribution in [2.24, 2.45) is 0 Å². The maximum absolute atomic E-state index is 12.6. The van der Waals surface area contributed by atoms with Crippen LogP contribution in [0.4, 0.5) is 0 Å². The van der Waals surface area contributed by atoms with Crippen LogP contribution in [0.2, 0.25) is 0 Å². The third-order valence-corrected chi connectivity index (χ3v) is 3.33. The molecule has 2 amide bonds. The molecule has 7 nitrogen and oxygen atoms in total. The summed E-state index contributed by atoms with van der Waals surface area (Å²) >= 11 is 0. The number of nitrogens with zero attached hydrogens (tertiary/aromatic N) is 1. The standard InChI is InChI=1S/C16H15NO6/c1-3-23-16(22)11-14(20)12(17(9(2)18)15(11)21)13(19)10-7-5-4-6-8-10/h4-8,12,20H,3H2,1-2H3/t12-/m0/s1. The lowest BCUT2D eigenvalue weighted by atomic mass is 10.0. The van der Waals surface area contributed by atoms with Crippen molar-refractivity contribution in [3.63, 3.8) is 0 Å². The summed E-state index contributed by atoms with van der Waals surface area (Å²) in [7, 11) is 0. The van der Waals surface area contributed by atoms with Gasteiger partial charge >= 0.3 is 5.97 Å². The van der Waals surface area contributed by atoms with E-state index >= 15 is 0 Å². The molecule has 1 aromatic carbocycles. The van der Waals surface area contributed by atoms with Gasteiger partial charge in [0.25, 0.3) is 5.91 Å². The molecular weight excluding hydrogens is 302 g/mol. The summed E-state index contributed by atoms with van der Waals surface area (Å²) in [6.07, 6.45) is 0. The molecule has 0 saturated heterocycles. The number of hydrogen-bond donors (Lipinski definition) is 1. The molecule has 0 spiro atoms. The van der Waals surface area contributed by atoms with Crippen LogP contribution in [-0.2, 0) is 19.1 Å². The van der Waals surface area contributed by atoms with Crippen molar-refractivity contribution in [2.45, 2.75) is 19.9 Å². The molecule has 0 saturated carbocycles. The highest BCUT2D eigenvalue weighted by Gasteiger charge is 2.49. The van der Waals surface area contributed by atoms with Gasteiger partial charge < -0.3 is 9.84 Å². The fourth-order valence-corrected chi connectivity index (χ4v) is 2.33. The molecule has 0 unspecified atom stereocenters. The van der Waals surface area contributed by atoms with Crippen LogP contribution in [-0.4, -0.2) is 46.2 Å². The van der Waals surface area contributed by atoms with E-state index in [1.807, 2.05) is 0 Å². The van der Waals surface area contributed by atoms with Crippen LogP contribution in [0.25, 0.3) is 0 Å². The predicted molar refractivity (Wildman–Crippen MR) is 78.4 cm³/mol. The second-order valence-corrected chi connectivity index (χ2v) is 4.81. The largest absolute Gasteiger partial charge is 0.508 e. The number of hydrogen-bond acceptors (Lipinski definition) is 6. The van der Waals surface area contributed by atoms with Gasteiger partial charge in [0, 0.05) is 12.5 Å². The predicted octanol–water partition coefficient (Wildman–Crippen LogP) is 1.00. The number of aliphatic hydroxyl groups excluding tert-OH is 1. The average Bonchev–Trinajstić information content (AvgIpc) is 2.78. The highest BCUT2D eigenvalue weighted by Crippen LogP contribution is 2.28. The highest BCUT2D eigenvalue weighted by atomic mass is 16.5. The Bertz CT molecular complexity index is 707. The molecule has 1 aliphatic heterocycles. The van der Waals surface area contributed by atoms with Crippen LogP contribution in [0.3, 0.4) is 0 Å². The zero-order valence-corrected chi connectivity index (χ0v) is 12.6. The Hall–Kier alpha value is -2.96. The Morgan fingerprint density at radius 2 is 1.83 bits per heavy atom. The van der Waals surface area contributed by atoms with E-state index in [4.69, 9.17) is 4.74 Å². The number of rotatable bonds is 4. The molecule has 7 heteroatoms. The smallest absolute Gasteiger partial charge is 0.347 e. The number of amides is 2. The SMILES string of the molecule is CCOC(=O)C1=C(O)[C@H](C(=O)c2ccccc2)N(C(C)=O)C1=O. The van der Waals surface area contributed by atoms with Gasteiger partial charge in [-0.25, -0.2) is 4.79 Å². The lowest BCUT2D eigenvalue weighted by Crippen LogP contribution is -2.44. The quantitative estimate of drug-likeness (QED) is 0.505. The van der Waals surface area contributed by atoms with Crippen molar-refractivity contribution in [1.29, 1.82) is 0 Å². The Labute approximate surface area is 132 Å². The first-order valence-electron chi connectivity index (χ1n) is 6.93. The fourth-order valence-electron chi connectivity index (χ4n) is 2.33. The van der Waals surface area contributed by atoms with E-state index in [0.717, 1.165) is 6.92 Å². The maximum Gasteiger partial charge on any atom is 0.347 e. The van der Waals surface area contributed by atoms with E-state index in [0.29, 0.717) is 4.90 Å². The molecule has 0 radical (unpaired) electrons. The monoisotopic (exact) mass is 317 g/mol. The molecule has 1 heterocycles. The van der Waals surface area contributed by atoms with E-state index in [1.165, 1.54) is 19.1 Å². The zero-order chi connectivity index (χ0) is 17.1. The molecule has 1 aliphatic rings. The molecule has 0 bridgehead atoms. The Morgan fingerprint density at radius 1 is 1.22 bits per heavy atom. The van der Waals surface area contributed by atoms with Crippen LogP contribution in [0.15, 0.2) is 41.7 Å². The average molecular weight is 317 g/mol. The normalized spacial score (nSPS) is 17.4. The van der Waals surface area contributed by atoms with Crippen molar-refractivity contribution in [2.75, 3.05) is 6.61 Å². The van der Waals surface area contributed by atoms with Crippen LogP contribution in [0.1, 0.15) is 24.2 Å². The molecule has 0 aliphatic carbocycles. The lowest BCUT2D eigenvalue weighted by molar-refractivity contribution is -0.144. The minimum absolute atomic E-state index is 0.0136. The Kier molecular flexibility index (Phi) is 4.59. The summed E-state index contributed by atoms with van der Waals surface area (Å²) in [4.78, 5) is 48.9. The number of ether oxygens (including phenoxy) is 1. The van der Waals surface area contributed by atoms with Crippen molar-refractivity contribution in [3.05, 3.63) is 47.2 Å². The molecule has 1 N–H and O–H groups in total. The summed E-state index contributed by atoms with van der Waals surface area (Å²) in [6.45, 7) is 2.59. The summed E-state index contributed by atoms with van der Waals surface area (Å²) in [6, 6.07) is 6.33. The van der Waals surface area contributed by atoms with E-state index in [2.05, 4.69) is 0 Å². The molecule has 0 aromatic heterocycles. The first-order chi connectivity index (χ1) is 10.9. The number of aliphatic hydroxyl groups is 1. The molecule has 1 aromatic rings. The topological polar surface area (TPSA) is 101 Å². The van der Waals surface area contributed by atoms with Gasteiger partial charge in [0.1, 0.15) is 5.76 Å². The van der Waals surface area contributed by atoms with E-state index < -0.39 is 40.9 Å². The second-order valence-electron chi connectivity index (χ2n) is 4.81. The van der Waals surface area contributed by atoms with E-state index in [1.54, 1.807) is 18.2 Å². The number of benzene rings is 1. The van der Waals surface area contributed by atoms with Gasteiger partial charge in [-0.05, 0) is 6.92 Å². The molecule has 1 atom stereocenters.